The number of rotatable bonds is 4. The Bertz CT molecular complexity index is 1030. The number of hydrogen-bond donors (Lipinski definition) is 0. The minimum absolute atomic E-state index is 0.119. The van der Waals surface area contributed by atoms with Gasteiger partial charge in [-0.3, -0.25) is 0 Å². The molecule has 0 atom stereocenters. The maximum Gasteiger partial charge on any atom is 0.285 e. The molecule has 23 heavy (non-hydrogen) atoms. The largest absolute Gasteiger partial charge is 0.312 e. The summed E-state index contributed by atoms with van der Waals surface area (Å²) in [4.78, 5) is 0.406. The lowest BCUT2D eigenvalue weighted by Crippen LogP contribution is -2.16. The number of nitrogens with zero attached hydrogens (tertiary/aromatic N) is 2. The molecule has 0 saturated heterocycles. The molecule has 0 bridgehead atoms. The molecule has 0 unspecified atom stereocenters. The Morgan fingerprint density at radius 1 is 1.22 bits per heavy atom. The van der Waals surface area contributed by atoms with Crippen LogP contribution in [0.4, 0.5) is 4.39 Å². The number of halogens is 1. The first-order valence-corrected chi connectivity index (χ1v) is 9.03. The van der Waals surface area contributed by atoms with Gasteiger partial charge in [0.05, 0.1) is 15.1 Å². The molecule has 0 aliphatic heterocycles. The molecular weight excluding hydrogens is 335 g/mol. The van der Waals surface area contributed by atoms with E-state index in [1.807, 2.05) is 0 Å². The molecule has 118 valence electrons. The summed E-state index contributed by atoms with van der Waals surface area (Å²) in [6.07, 6.45) is 1.64. The van der Waals surface area contributed by atoms with Crippen molar-refractivity contribution in [1.82, 2.24) is 4.57 Å². The zero-order chi connectivity index (χ0) is 16.4. The molecule has 7 heteroatoms. The van der Waals surface area contributed by atoms with E-state index < -0.39 is 10.0 Å². The summed E-state index contributed by atoms with van der Waals surface area (Å²) in [6.45, 7) is 4.06. The normalized spacial score (nSPS) is 12.7. The van der Waals surface area contributed by atoms with Gasteiger partial charge in [-0.15, -0.1) is 11.0 Å². The third-order valence-corrected chi connectivity index (χ3v) is 5.63. The summed E-state index contributed by atoms with van der Waals surface area (Å²) in [5.41, 5.74) is 0.721. The minimum Gasteiger partial charge on any atom is -0.312 e. The Morgan fingerprint density at radius 3 is 2.65 bits per heavy atom. The number of sulfonamides is 1. The lowest BCUT2D eigenvalue weighted by Gasteiger charge is -2.01. The molecule has 0 fully saturated rings. The SMILES string of the molecule is C=CCn1/c(=N/S(=O)(=O)c2ccccc2)sc2cc(F)ccc21. The second-order valence-corrected chi connectivity index (χ2v) is 7.39. The molecule has 0 aliphatic carbocycles. The van der Waals surface area contributed by atoms with Gasteiger partial charge in [0.15, 0.2) is 0 Å². The Balaban J connectivity index is 2.26. The summed E-state index contributed by atoms with van der Waals surface area (Å²) in [5.74, 6) is -0.373. The molecule has 2 aromatic carbocycles. The van der Waals surface area contributed by atoms with E-state index in [1.165, 1.54) is 24.3 Å². The quantitative estimate of drug-likeness (QED) is 0.679. The third-order valence-electron chi connectivity index (χ3n) is 3.20. The molecular formula is C16H13FN2O2S2. The second kappa shape index (κ2) is 6.10. The van der Waals surface area contributed by atoms with Gasteiger partial charge in [0.1, 0.15) is 5.82 Å². The van der Waals surface area contributed by atoms with E-state index in [-0.39, 0.29) is 15.5 Å². The van der Waals surface area contributed by atoms with Crippen LogP contribution >= 0.6 is 11.3 Å². The van der Waals surface area contributed by atoms with Crippen molar-refractivity contribution in [2.45, 2.75) is 11.4 Å². The molecule has 4 nitrogen and oxygen atoms in total. The van der Waals surface area contributed by atoms with Crippen molar-refractivity contribution >= 4 is 31.6 Å². The Kier molecular flexibility index (Phi) is 4.14. The van der Waals surface area contributed by atoms with E-state index in [9.17, 15) is 12.8 Å². The maximum absolute atomic E-state index is 13.4. The first kappa shape index (κ1) is 15.6. The Hall–Kier alpha value is -2.25. The molecule has 0 N–H and O–H groups in total. The molecule has 0 saturated carbocycles. The highest BCUT2D eigenvalue weighted by Gasteiger charge is 2.14. The fourth-order valence-electron chi connectivity index (χ4n) is 2.17. The van der Waals surface area contributed by atoms with E-state index in [2.05, 4.69) is 11.0 Å². The van der Waals surface area contributed by atoms with Crippen molar-refractivity contribution in [3.05, 3.63) is 71.8 Å². The number of allylic oxidation sites excluding steroid dienone is 1. The van der Waals surface area contributed by atoms with Crippen LogP contribution < -0.4 is 4.80 Å². The average Bonchev–Trinajstić information content (AvgIpc) is 2.84. The molecule has 0 radical (unpaired) electrons. The third kappa shape index (κ3) is 3.11. The molecule has 0 aliphatic rings. The molecule has 0 amide bonds. The Labute approximate surface area is 136 Å². The fraction of sp³-hybridized carbons (Fsp3) is 0.0625. The van der Waals surface area contributed by atoms with Crippen molar-refractivity contribution in [3.8, 4) is 0 Å². The zero-order valence-electron chi connectivity index (χ0n) is 12.0. The van der Waals surface area contributed by atoms with Gasteiger partial charge < -0.3 is 4.57 Å². The van der Waals surface area contributed by atoms with E-state index in [1.54, 1.807) is 34.9 Å². The van der Waals surface area contributed by atoms with Gasteiger partial charge >= 0.3 is 0 Å². The zero-order valence-corrected chi connectivity index (χ0v) is 13.6. The number of hydrogen-bond acceptors (Lipinski definition) is 3. The van der Waals surface area contributed by atoms with Gasteiger partial charge in [0.25, 0.3) is 10.0 Å². The van der Waals surface area contributed by atoms with Crippen molar-refractivity contribution in [1.29, 1.82) is 0 Å². The van der Waals surface area contributed by atoms with Gasteiger partial charge in [-0.05, 0) is 30.3 Å². The smallest absolute Gasteiger partial charge is 0.285 e. The van der Waals surface area contributed by atoms with Crippen LogP contribution in [0.15, 0.2) is 70.5 Å². The first-order chi connectivity index (χ1) is 11.0. The fourth-order valence-corrected chi connectivity index (χ4v) is 4.46. The minimum atomic E-state index is -3.83. The average molecular weight is 348 g/mol. The van der Waals surface area contributed by atoms with Crippen LogP contribution in [-0.4, -0.2) is 13.0 Å². The topological polar surface area (TPSA) is 51.4 Å². The second-order valence-electron chi connectivity index (χ2n) is 4.78. The molecule has 1 aromatic heterocycles. The number of thiazole rings is 1. The summed E-state index contributed by atoms with van der Waals surface area (Å²) in [5, 5.41) is 0. The number of aromatic nitrogens is 1. The van der Waals surface area contributed by atoms with Gasteiger partial charge in [0, 0.05) is 6.54 Å². The van der Waals surface area contributed by atoms with Crippen LogP contribution in [0.2, 0.25) is 0 Å². The summed E-state index contributed by atoms with van der Waals surface area (Å²) < 4.78 is 44.5. The number of fused-ring (bicyclic) bond motifs is 1. The van der Waals surface area contributed by atoms with E-state index in [4.69, 9.17) is 0 Å². The van der Waals surface area contributed by atoms with Gasteiger partial charge in [-0.1, -0.05) is 35.6 Å². The lowest BCUT2D eigenvalue weighted by atomic mass is 10.3. The van der Waals surface area contributed by atoms with Crippen LogP contribution in [0.25, 0.3) is 10.2 Å². The predicted octanol–water partition coefficient (Wildman–Crippen LogP) is 3.32. The predicted molar refractivity (Wildman–Crippen MR) is 89.2 cm³/mol. The summed E-state index contributed by atoms with van der Waals surface area (Å²) in [6, 6.07) is 12.3. The van der Waals surface area contributed by atoms with Crippen LogP contribution in [0.5, 0.6) is 0 Å². The van der Waals surface area contributed by atoms with Crippen molar-refractivity contribution in [2.75, 3.05) is 0 Å². The van der Waals surface area contributed by atoms with Crippen molar-refractivity contribution < 1.29 is 12.8 Å². The van der Waals surface area contributed by atoms with Crippen LogP contribution in [0.3, 0.4) is 0 Å². The van der Waals surface area contributed by atoms with Crippen LogP contribution in [0.1, 0.15) is 0 Å². The highest BCUT2D eigenvalue weighted by Crippen LogP contribution is 2.19. The molecule has 1 heterocycles. The molecule has 3 aromatic rings. The van der Waals surface area contributed by atoms with Gasteiger partial charge in [-0.2, -0.15) is 8.42 Å². The van der Waals surface area contributed by atoms with Crippen LogP contribution in [-0.2, 0) is 16.6 Å². The number of benzene rings is 2. The van der Waals surface area contributed by atoms with E-state index in [0.29, 0.717) is 11.2 Å². The van der Waals surface area contributed by atoms with Crippen LogP contribution in [0, 0.1) is 5.82 Å². The molecule has 0 spiro atoms. The van der Waals surface area contributed by atoms with Crippen molar-refractivity contribution in [3.63, 3.8) is 0 Å². The standard InChI is InChI=1S/C16H13FN2O2S2/c1-2-10-19-14-9-8-12(17)11-15(14)22-16(19)18-23(20,21)13-6-4-3-5-7-13/h2-9,11H,1,10H2/b18-16-. The lowest BCUT2D eigenvalue weighted by molar-refractivity contribution is 0.596. The maximum atomic E-state index is 13.4. The Morgan fingerprint density at radius 2 is 1.96 bits per heavy atom. The molecule has 3 rings (SSSR count). The summed E-state index contributed by atoms with van der Waals surface area (Å²) >= 11 is 1.13. The summed E-state index contributed by atoms with van der Waals surface area (Å²) in [7, 11) is -3.83. The first-order valence-electron chi connectivity index (χ1n) is 6.77. The monoisotopic (exact) mass is 348 g/mol. The van der Waals surface area contributed by atoms with E-state index >= 15 is 0 Å². The van der Waals surface area contributed by atoms with Crippen molar-refractivity contribution in [2.24, 2.45) is 4.40 Å². The van der Waals surface area contributed by atoms with Gasteiger partial charge in [0.2, 0.25) is 4.80 Å². The van der Waals surface area contributed by atoms with Gasteiger partial charge in [-0.25, -0.2) is 4.39 Å². The highest BCUT2D eigenvalue weighted by molar-refractivity contribution is 7.90. The van der Waals surface area contributed by atoms with E-state index in [0.717, 1.165) is 16.9 Å². The highest BCUT2D eigenvalue weighted by atomic mass is 32.2.